The third kappa shape index (κ3) is 3.02. The number of hydrogen-bond acceptors (Lipinski definition) is 3. The van der Waals surface area contributed by atoms with Gasteiger partial charge in [0.1, 0.15) is 0 Å². The summed E-state index contributed by atoms with van der Waals surface area (Å²) in [6, 6.07) is 0. The van der Waals surface area contributed by atoms with Crippen LogP contribution in [-0.2, 0) is 17.6 Å². The van der Waals surface area contributed by atoms with Gasteiger partial charge in [0.05, 0.1) is 17.6 Å². The van der Waals surface area contributed by atoms with Crippen LogP contribution in [0, 0.1) is 0 Å². The molecule has 0 spiro atoms. The summed E-state index contributed by atoms with van der Waals surface area (Å²) in [6.45, 7) is 0.628. The lowest BCUT2D eigenvalue weighted by atomic mass is 10.5. The molecule has 1 heterocycles. The number of nitrogens with two attached hydrogens (primary N) is 1. The van der Waals surface area contributed by atoms with E-state index in [1.807, 2.05) is 0 Å². The Bertz CT molecular complexity index is 274. The van der Waals surface area contributed by atoms with Crippen molar-refractivity contribution in [2.24, 2.45) is 0 Å². The van der Waals surface area contributed by atoms with Crippen molar-refractivity contribution in [1.82, 2.24) is 9.78 Å². The number of nitrogens with zero attached hydrogens (tertiary/aromatic N) is 2. The van der Waals surface area contributed by atoms with Gasteiger partial charge in [-0.15, -0.1) is 0 Å². The van der Waals surface area contributed by atoms with Crippen LogP contribution >= 0.6 is 0 Å². The maximum Gasteiger partial charge on any atom is 0.152 e. The molecule has 0 saturated heterocycles. The molecule has 0 aromatic carbocycles. The molecule has 0 aliphatic rings. The van der Waals surface area contributed by atoms with Gasteiger partial charge < -0.3 is 10.3 Å². The molecule has 1 unspecified atom stereocenters. The predicted octanol–water partition coefficient (Wildman–Crippen LogP) is 0.0771. The SMILES string of the molecule is Nc1cnn(CCCS(=O)O)c1. The van der Waals surface area contributed by atoms with Crippen LogP contribution in [0.2, 0.25) is 0 Å². The first-order valence-electron chi connectivity index (χ1n) is 3.54. The summed E-state index contributed by atoms with van der Waals surface area (Å²) in [7, 11) is 0. The number of rotatable bonds is 4. The molecule has 0 aliphatic heterocycles. The van der Waals surface area contributed by atoms with Crippen LogP contribution in [0.3, 0.4) is 0 Å². The van der Waals surface area contributed by atoms with E-state index in [0.29, 0.717) is 18.7 Å². The smallest absolute Gasteiger partial charge is 0.152 e. The van der Waals surface area contributed by atoms with Gasteiger partial charge in [0.2, 0.25) is 0 Å². The van der Waals surface area contributed by atoms with Crippen molar-refractivity contribution in [3.8, 4) is 0 Å². The molecule has 5 nitrogen and oxygen atoms in total. The summed E-state index contributed by atoms with van der Waals surface area (Å²) in [5.41, 5.74) is 6.03. The zero-order valence-corrected chi connectivity index (χ0v) is 7.33. The lowest BCUT2D eigenvalue weighted by Gasteiger charge is -1.97. The Kier molecular flexibility index (Phi) is 3.24. The topological polar surface area (TPSA) is 81.1 Å². The fraction of sp³-hybridized carbons (Fsp3) is 0.500. The number of aryl methyl sites for hydroxylation is 1. The normalized spacial score (nSPS) is 13.1. The van der Waals surface area contributed by atoms with E-state index >= 15 is 0 Å². The first kappa shape index (κ1) is 9.21. The van der Waals surface area contributed by atoms with Crippen LogP contribution in [0.4, 0.5) is 5.69 Å². The van der Waals surface area contributed by atoms with Gasteiger partial charge in [-0.2, -0.15) is 5.10 Å². The summed E-state index contributed by atoms with van der Waals surface area (Å²) >= 11 is -1.70. The van der Waals surface area contributed by atoms with Gasteiger partial charge >= 0.3 is 0 Å². The number of anilines is 1. The predicted molar refractivity (Wildman–Crippen MR) is 46.9 cm³/mol. The second kappa shape index (κ2) is 4.22. The highest BCUT2D eigenvalue weighted by molar-refractivity contribution is 7.79. The average molecular weight is 189 g/mol. The zero-order valence-electron chi connectivity index (χ0n) is 6.51. The third-order valence-electron chi connectivity index (χ3n) is 1.36. The molecule has 1 aromatic heterocycles. The second-order valence-corrected chi connectivity index (χ2v) is 3.47. The molecule has 12 heavy (non-hydrogen) atoms. The van der Waals surface area contributed by atoms with E-state index in [-0.39, 0.29) is 5.75 Å². The average Bonchev–Trinajstić information content (AvgIpc) is 2.35. The van der Waals surface area contributed by atoms with Crippen molar-refractivity contribution in [1.29, 1.82) is 0 Å². The van der Waals surface area contributed by atoms with E-state index < -0.39 is 11.1 Å². The molecular formula is C6H11N3O2S. The highest BCUT2D eigenvalue weighted by Crippen LogP contribution is 1.98. The summed E-state index contributed by atoms with van der Waals surface area (Å²) < 4.78 is 20.4. The second-order valence-electron chi connectivity index (χ2n) is 2.42. The Morgan fingerprint density at radius 1 is 1.75 bits per heavy atom. The van der Waals surface area contributed by atoms with Crippen molar-refractivity contribution >= 4 is 16.8 Å². The molecule has 0 amide bonds. The van der Waals surface area contributed by atoms with Crippen LogP contribution in [0.25, 0.3) is 0 Å². The van der Waals surface area contributed by atoms with Crippen LogP contribution in [-0.4, -0.2) is 24.3 Å². The van der Waals surface area contributed by atoms with Gasteiger partial charge in [-0.05, 0) is 6.42 Å². The Labute approximate surface area is 72.9 Å². The fourth-order valence-corrected chi connectivity index (χ4v) is 1.23. The van der Waals surface area contributed by atoms with Crippen molar-refractivity contribution < 1.29 is 8.76 Å². The highest BCUT2D eigenvalue weighted by atomic mass is 32.2. The first-order chi connectivity index (χ1) is 5.68. The third-order valence-corrected chi connectivity index (χ3v) is 2.00. The molecule has 3 N–H and O–H groups in total. The van der Waals surface area contributed by atoms with Crippen molar-refractivity contribution in [3.63, 3.8) is 0 Å². The van der Waals surface area contributed by atoms with Crippen molar-refractivity contribution in [3.05, 3.63) is 12.4 Å². The number of nitrogen functional groups attached to an aromatic ring is 1. The summed E-state index contributed by atoms with van der Waals surface area (Å²) in [6.07, 6.45) is 3.88. The summed E-state index contributed by atoms with van der Waals surface area (Å²) in [5, 5.41) is 3.92. The zero-order chi connectivity index (χ0) is 8.97. The molecule has 68 valence electrons. The van der Waals surface area contributed by atoms with Crippen LogP contribution in [0.1, 0.15) is 6.42 Å². The highest BCUT2D eigenvalue weighted by Gasteiger charge is 1.96. The van der Waals surface area contributed by atoms with E-state index in [1.54, 1.807) is 17.1 Å². The molecule has 0 radical (unpaired) electrons. The maximum atomic E-state index is 10.3. The van der Waals surface area contributed by atoms with Gasteiger partial charge in [0.15, 0.2) is 11.1 Å². The molecular weight excluding hydrogens is 178 g/mol. The molecule has 0 bridgehead atoms. The number of hydrogen-bond donors (Lipinski definition) is 2. The van der Waals surface area contributed by atoms with E-state index in [9.17, 15) is 4.21 Å². The van der Waals surface area contributed by atoms with Crippen molar-refractivity contribution in [2.45, 2.75) is 13.0 Å². The molecule has 0 aliphatic carbocycles. The minimum Gasteiger partial charge on any atom is -0.396 e. The van der Waals surface area contributed by atoms with Gasteiger partial charge in [-0.1, -0.05) is 0 Å². The van der Waals surface area contributed by atoms with Crippen LogP contribution in [0.5, 0.6) is 0 Å². The molecule has 0 saturated carbocycles. The lowest BCUT2D eigenvalue weighted by molar-refractivity contribution is 0.549. The molecule has 6 heteroatoms. The Morgan fingerprint density at radius 3 is 3.00 bits per heavy atom. The van der Waals surface area contributed by atoms with Crippen LogP contribution in [0.15, 0.2) is 12.4 Å². The fourth-order valence-electron chi connectivity index (χ4n) is 0.852. The van der Waals surface area contributed by atoms with Crippen LogP contribution < -0.4 is 5.73 Å². The minimum atomic E-state index is -1.70. The molecule has 1 aromatic rings. The monoisotopic (exact) mass is 189 g/mol. The van der Waals surface area contributed by atoms with E-state index in [2.05, 4.69) is 5.10 Å². The quantitative estimate of drug-likeness (QED) is 0.657. The Hall–Kier alpha value is -0.880. The van der Waals surface area contributed by atoms with Gasteiger partial charge in [0.25, 0.3) is 0 Å². The Balaban J connectivity index is 2.29. The lowest BCUT2D eigenvalue weighted by Crippen LogP contribution is -2.03. The first-order valence-corrected chi connectivity index (χ1v) is 4.81. The van der Waals surface area contributed by atoms with Gasteiger partial charge in [0, 0.05) is 12.7 Å². The van der Waals surface area contributed by atoms with Gasteiger partial charge in [-0.3, -0.25) is 4.68 Å². The molecule has 1 atom stereocenters. The van der Waals surface area contributed by atoms with Gasteiger partial charge in [-0.25, -0.2) is 4.21 Å². The summed E-state index contributed by atoms with van der Waals surface area (Å²) in [5.74, 6) is 0.278. The summed E-state index contributed by atoms with van der Waals surface area (Å²) in [4.78, 5) is 0. The standard InChI is InChI=1S/C6H11N3O2S/c7-6-4-8-9(5-6)2-1-3-12(10)11/h4-5H,1-3,7H2,(H,10,11). The largest absolute Gasteiger partial charge is 0.396 e. The van der Waals surface area contributed by atoms with Crippen molar-refractivity contribution in [2.75, 3.05) is 11.5 Å². The van der Waals surface area contributed by atoms with E-state index in [1.165, 1.54) is 0 Å². The molecule has 1 rings (SSSR count). The maximum absolute atomic E-state index is 10.3. The minimum absolute atomic E-state index is 0.278. The van der Waals surface area contributed by atoms with E-state index in [0.717, 1.165) is 0 Å². The Morgan fingerprint density at radius 2 is 2.50 bits per heavy atom. The molecule has 0 fully saturated rings. The van der Waals surface area contributed by atoms with E-state index in [4.69, 9.17) is 10.3 Å². The number of aromatic nitrogens is 2.